The second-order valence-corrected chi connectivity index (χ2v) is 6.17. The van der Waals surface area contributed by atoms with Gasteiger partial charge in [-0.2, -0.15) is 0 Å². The molecular weight excluding hydrogens is 248 g/mol. The molecular formula is C17H26N2O. The van der Waals surface area contributed by atoms with Crippen molar-refractivity contribution in [3.05, 3.63) is 23.8 Å². The first-order valence-electron chi connectivity index (χ1n) is 8.01. The Balaban J connectivity index is 1.77. The van der Waals surface area contributed by atoms with Crippen molar-refractivity contribution >= 4 is 5.69 Å². The Kier molecular flexibility index (Phi) is 4.16. The molecule has 3 rings (SSSR count). The number of piperidine rings is 1. The molecule has 0 aromatic heterocycles. The Hall–Kier alpha value is -1.22. The quantitative estimate of drug-likeness (QED) is 0.917. The van der Waals surface area contributed by atoms with Crippen LogP contribution in [0.15, 0.2) is 18.2 Å². The molecule has 1 saturated heterocycles. The van der Waals surface area contributed by atoms with Crippen molar-refractivity contribution in [3.8, 4) is 5.75 Å². The van der Waals surface area contributed by atoms with Crippen molar-refractivity contribution in [2.75, 3.05) is 31.1 Å². The van der Waals surface area contributed by atoms with Crippen molar-refractivity contribution in [2.45, 2.75) is 39.2 Å². The average Bonchev–Trinajstić information content (AvgIpc) is 2.48. The minimum Gasteiger partial charge on any atom is -0.487 e. The van der Waals surface area contributed by atoms with Gasteiger partial charge >= 0.3 is 0 Å². The zero-order chi connectivity index (χ0) is 13.9. The number of fused-ring (bicyclic) bond motifs is 1. The van der Waals surface area contributed by atoms with Gasteiger partial charge in [0.15, 0.2) is 0 Å². The molecule has 0 saturated carbocycles. The molecule has 1 fully saturated rings. The van der Waals surface area contributed by atoms with E-state index >= 15 is 0 Å². The molecule has 0 aliphatic carbocycles. The fourth-order valence-corrected chi connectivity index (χ4v) is 3.42. The van der Waals surface area contributed by atoms with Crippen LogP contribution in [0.1, 0.15) is 32.3 Å². The summed E-state index contributed by atoms with van der Waals surface area (Å²) in [4.78, 5) is 2.44. The van der Waals surface area contributed by atoms with Gasteiger partial charge in [-0.05, 0) is 69.8 Å². The highest BCUT2D eigenvalue weighted by Crippen LogP contribution is 2.35. The third-order valence-electron chi connectivity index (χ3n) is 4.53. The predicted octanol–water partition coefficient (Wildman–Crippen LogP) is 2.84. The largest absolute Gasteiger partial charge is 0.487 e. The van der Waals surface area contributed by atoms with Gasteiger partial charge in [0.1, 0.15) is 11.9 Å². The van der Waals surface area contributed by atoms with Crippen LogP contribution in [0.3, 0.4) is 0 Å². The number of rotatable bonds is 3. The fourth-order valence-electron chi connectivity index (χ4n) is 3.42. The van der Waals surface area contributed by atoms with E-state index < -0.39 is 0 Å². The minimum absolute atomic E-state index is 0.290. The van der Waals surface area contributed by atoms with Gasteiger partial charge in [-0.1, -0.05) is 6.07 Å². The van der Waals surface area contributed by atoms with Crippen molar-refractivity contribution in [2.24, 2.45) is 5.92 Å². The topological polar surface area (TPSA) is 24.5 Å². The Morgan fingerprint density at radius 3 is 2.85 bits per heavy atom. The summed E-state index contributed by atoms with van der Waals surface area (Å²) in [6.07, 6.45) is 4.12. The molecule has 0 radical (unpaired) electrons. The average molecular weight is 274 g/mol. The van der Waals surface area contributed by atoms with Crippen LogP contribution in [0.5, 0.6) is 5.75 Å². The number of nitrogens with zero attached hydrogens (tertiary/aromatic N) is 1. The minimum atomic E-state index is 0.290. The lowest BCUT2D eigenvalue weighted by Crippen LogP contribution is -2.38. The summed E-state index contributed by atoms with van der Waals surface area (Å²) in [7, 11) is 0. The lowest BCUT2D eigenvalue weighted by Gasteiger charge is -2.34. The molecule has 1 aromatic carbocycles. The maximum Gasteiger partial charge on any atom is 0.143 e. The van der Waals surface area contributed by atoms with Crippen LogP contribution in [0, 0.1) is 5.92 Å². The van der Waals surface area contributed by atoms with Crippen molar-refractivity contribution < 1.29 is 4.74 Å². The number of benzene rings is 1. The fraction of sp³-hybridized carbons (Fsp3) is 0.647. The molecule has 1 aromatic rings. The van der Waals surface area contributed by atoms with Gasteiger partial charge in [0.05, 0.1) is 12.2 Å². The summed E-state index contributed by atoms with van der Waals surface area (Å²) in [6.45, 7) is 8.78. The first kappa shape index (κ1) is 13.7. The summed E-state index contributed by atoms with van der Waals surface area (Å²) >= 11 is 0. The summed E-state index contributed by atoms with van der Waals surface area (Å²) in [6, 6.07) is 6.78. The zero-order valence-corrected chi connectivity index (χ0v) is 12.7. The third-order valence-corrected chi connectivity index (χ3v) is 4.53. The van der Waals surface area contributed by atoms with E-state index in [1.807, 2.05) is 0 Å². The Morgan fingerprint density at radius 1 is 1.30 bits per heavy atom. The van der Waals surface area contributed by atoms with Gasteiger partial charge in [-0.25, -0.2) is 0 Å². The molecule has 1 unspecified atom stereocenters. The monoisotopic (exact) mass is 274 g/mol. The van der Waals surface area contributed by atoms with E-state index in [0.29, 0.717) is 0 Å². The molecule has 1 atom stereocenters. The molecule has 2 heterocycles. The maximum absolute atomic E-state index is 5.96. The highest BCUT2D eigenvalue weighted by molar-refractivity contribution is 5.61. The van der Waals surface area contributed by atoms with Crippen molar-refractivity contribution in [1.82, 2.24) is 5.32 Å². The molecule has 2 aliphatic heterocycles. The summed E-state index contributed by atoms with van der Waals surface area (Å²) in [5.41, 5.74) is 2.75. The van der Waals surface area contributed by atoms with Gasteiger partial charge < -0.3 is 15.0 Å². The van der Waals surface area contributed by atoms with Crippen LogP contribution in [0.25, 0.3) is 0 Å². The zero-order valence-electron chi connectivity index (χ0n) is 12.7. The number of hydrogen-bond acceptors (Lipinski definition) is 3. The standard InChI is InChI=1S/C17H26N2O/c1-3-19-12-13(2)20-17-5-4-15(11-16(17)19)10-14-6-8-18-9-7-14/h4-5,11,13-14,18H,3,6-10,12H2,1-2H3. The van der Waals surface area contributed by atoms with E-state index in [4.69, 9.17) is 4.74 Å². The van der Waals surface area contributed by atoms with Gasteiger partial charge in [0.2, 0.25) is 0 Å². The number of likely N-dealkylation sites (N-methyl/N-ethyl adjacent to an activating group) is 1. The first-order chi connectivity index (χ1) is 9.76. The molecule has 3 nitrogen and oxygen atoms in total. The van der Waals surface area contributed by atoms with Crippen LogP contribution < -0.4 is 15.0 Å². The SMILES string of the molecule is CCN1CC(C)Oc2ccc(CC3CCNCC3)cc21. The maximum atomic E-state index is 5.96. The molecule has 1 N–H and O–H groups in total. The van der Waals surface area contributed by atoms with Crippen LogP contribution in [0.4, 0.5) is 5.69 Å². The molecule has 0 amide bonds. The number of hydrogen-bond donors (Lipinski definition) is 1. The van der Waals surface area contributed by atoms with Gasteiger partial charge in [0.25, 0.3) is 0 Å². The van der Waals surface area contributed by atoms with Gasteiger partial charge in [-0.3, -0.25) is 0 Å². The number of nitrogens with one attached hydrogen (secondary N) is 1. The third kappa shape index (κ3) is 2.93. The van der Waals surface area contributed by atoms with E-state index in [9.17, 15) is 0 Å². The Bertz CT molecular complexity index is 454. The normalized spacial score (nSPS) is 23.3. The summed E-state index contributed by atoms with van der Waals surface area (Å²) < 4.78 is 5.96. The molecule has 110 valence electrons. The van der Waals surface area contributed by atoms with Gasteiger partial charge in [-0.15, -0.1) is 0 Å². The number of ether oxygens (including phenoxy) is 1. The van der Waals surface area contributed by atoms with Crippen LogP contribution in [-0.2, 0) is 6.42 Å². The second kappa shape index (κ2) is 6.04. The lowest BCUT2D eigenvalue weighted by molar-refractivity contribution is 0.213. The number of anilines is 1. The molecule has 2 aliphatic rings. The molecule has 20 heavy (non-hydrogen) atoms. The predicted molar refractivity (Wildman–Crippen MR) is 83.7 cm³/mol. The summed E-state index contributed by atoms with van der Waals surface area (Å²) in [5, 5.41) is 3.44. The van der Waals surface area contributed by atoms with Crippen LogP contribution in [-0.4, -0.2) is 32.3 Å². The second-order valence-electron chi connectivity index (χ2n) is 6.17. The first-order valence-corrected chi connectivity index (χ1v) is 8.01. The van der Waals surface area contributed by atoms with Gasteiger partial charge in [0, 0.05) is 6.54 Å². The highest BCUT2D eigenvalue weighted by Gasteiger charge is 2.22. The van der Waals surface area contributed by atoms with Crippen LogP contribution >= 0.6 is 0 Å². The van der Waals surface area contributed by atoms with Crippen LogP contribution in [0.2, 0.25) is 0 Å². The summed E-state index contributed by atoms with van der Waals surface area (Å²) in [5.74, 6) is 1.90. The van der Waals surface area contributed by atoms with Crippen molar-refractivity contribution in [1.29, 1.82) is 0 Å². The van der Waals surface area contributed by atoms with E-state index in [2.05, 4.69) is 42.3 Å². The molecule has 0 bridgehead atoms. The van der Waals surface area contributed by atoms with E-state index in [1.165, 1.54) is 43.6 Å². The molecule has 0 spiro atoms. The molecule has 3 heteroatoms. The van der Waals surface area contributed by atoms with E-state index in [0.717, 1.165) is 24.8 Å². The Morgan fingerprint density at radius 2 is 2.10 bits per heavy atom. The van der Waals surface area contributed by atoms with Crippen molar-refractivity contribution in [3.63, 3.8) is 0 Å². The Labute approximate surface area is 122 Å². The highest BCUT2D eigenvalue weighted by atomic mass is 16.5. The van der Waals surface area contributed by atoms with E-state index in [-0.39, 0.29) is 6.10 Å². The van der Waals surface area contributed by atoms with E-state index in [1.54, 1.807) is 0 Å². The smallest absolute Gasteiger partial charge is 0.143 e. The lowest BCUT2D eigenvalue weighted by atomic mass is 9.90.